The van der Waals surface area contributed by atoms with Gasteiger partial charge in [-0.15, -0.1) is 0 Å². The van der Waals surface area contributed by atoms with Crippen LogP contribution in [-0.4, -0.2) is 94.4 Å². The fourth-order valence-electron chi connectivity index (χ4n) is 3.44. The highest BCUT2D eigenvalue weighted by Gasteiger charge is 2.29. The standard InChI is InChI=1S/C19H23N5O4/c25-15-3-1-14(2-4-15)16-13-17(21-20-16)18(26)22-5-7-23(8-6-22)19(27)24-9-11-28-12-10-24/h1-4,13,25H,5-12H2,(H,20,21). The Morgan fingerprint density at radius 2 is 1.54 bits per heavy atom. The average molecular weight is 385 g/mol. The number of carbonyl (C=O) groups excluding carboxylic acids is 2. The first kappa shape index (κ1) is 18.3. The number of nitrogens with one attached hydrogen (secondary N) is 1. The summed E-state index contributed by atoms with van der Waals surface area (Å²) in [5, 5.41) is 16.4. The number of urea groups is 1. The number of hydrogen-bond acceptors (Lipinski definition) is 5. The molecular formula is C19H23N5O4. The molecule has 4 rings (SSSR count). The van der Waals surface area contributed by atoms with E-state index in [0.717, 1.165) is 5.56 Å². The minimum Gasteiger partial charge on any atom is -0.508 e. The molecule has 0 saturated carbocycles. The van der Waals surface area contributed by atoms with E-state index in [1.165, 1.54) is 0 Å². The number of amides is 3. The smallest absolute Gasteiger partial charge is 0.320 e. The van der Waals surface area contributed by atoms with Crippen molar-refractivity contribution in [3.63, 3.8) is 0 Å². The first-order valence-corrected chi connectivity index (χ1v) is 9.37. The second-order valence-electron chi connectivity index (χ2n) is 6.87. The first-order valence-electron chi connectivity index (χ1n) is 9.37. The zero-order valence-electron chi connectivity index (χ0n) is 15.5. The lowest BCUT2D eigenvalue weighted by Crippen LogP contribution is -2.55. The number of ether oxygens (including phenoxy) is 1. The number of benzene rings is 1. The van der Waals surface area contributed by atoms with Gasteiger partial charge in [-0.2, -0.15) is 5.10 Å². The average Bonchev–Trinajstić information content (AvgIpc) is 3.24. The van der Waals surface area contributed by atoms with E-state index in [2.05, 4.69) is 10.2 Å². The molecule has 2 saturated heterocycles. The lowest BCUT2D eigenvalue weighted by atomic mass is 10.1. The van der Waals surface area contributed by atoms with Crippen LogP contribution in [0.3, 0.4) is 0 Å². The Hall–Kier alpha value is -3.07. The Labute approximate surface area is 162 Å². The van der Waals surface area contributed by atoms with Crippen molar-refractivity contribution in [1.82, 2.24) is 24.9 Å². The lowest BCUT2D eigenvalue weighted by molar-refractivity contribution is 0.0361. The van der Waals surface area contributed by atoms with E-state index in [1.54, 1.807) is 45.0 Å². The molecule has 2 fully saturated rings. The van der Waals surface area contributed by atoms with Crippen molar-refractivity contribution in [3.05, 3.63) is 36.0 Å². The third-order valence-electron chi connectivity index (χ3n) is 5.09. The lowest BCUT2D eigenvalue weighted by Gasteiger charge is -2.38. The molecule has 9 heteroatoms. The number of rotatable bonds is 2. The Morgan fingerprint density at radius 1 is 0.929 bits per heavy atom. The number of morpholine rings is 1. The van der Waals surface area contributed by atoms with Crippen molar-refractivity contribution in [2.24, 2.45) is 0 Å². The van der Waals surface area contributed by atoms with Gasteiger partial charge >= 0.3 is 6.03 Å². The Balaban J connectivity index is 1.35. The highest BCUT2D eigenvalue weighted by molar-refractivity contribution is 5.93. The zero-order chi connectivity index (χ0) is 19.5. The van der Waals surface area contributed by atoms with Crippen LogP contribution in [0.15, 0.2) is 30.3 Å². The molecule has 28 heavy (non-hydrogen) atoms. The quantitative estimate of drug-likeness (QED) is 0.803. The van der Waals surface area contributed by atoms with E-state index in [0.29, 0.717) is 63.9 Å². The van der Waals surface area contributed by atoms with E-state index in [4.69, 9.17) is 4.74 Å². The van der Waals surface area contributed by atoms with Crippen LogP contribution in [-0.2, 0) is 4.74 Å². The number of piperazine rings is 1. The van der Waals surface area contributed by atoms with Crippen molar-refractivity contribution < 1.29 is 19.4 Å². The third-order valence-corrected chi connectivity index (χ3v) is 5.09. The minimum absolute atomic E-state index is 0.0200. The Kier molecular flexibility index (Phi) is 5.16. The molecule has 3 amide bonds. The predicted octanol–water partition coefficient (Wildman–Crippen LogP) is 0.992. The number of hydrogen-bond donors (Lipinski definition) is 2. The second kappa shape index (κ2) is 7.89. The van der Waals surface area contributed by atoms with Crippen molar-refractivity contribution in [1.29, 1.82) is 0 Å². The molecule has 0 unspecified atom stereocenters. The van der Waals surface area contributed by atoms with E-state index in [9.17, 15) is 14.7 Å². The van der Waals surface area contributed by atoms with Gasteiger partial charge in [-0.05, 0) is 30.3 Å². The van der Waals surface area contributed by atoms with Gasteiger partial charge in [0.05, 0.1) is 18.9 Å². The maximum atomic E-state index is 12.8. The molecule has 1 aromatic heterocycles. The SMILES string of the molecule is O=C(c1cc(-c2ccc(O)cc2)n[nH]1)N1CCN(C(=O)N2CCOCC2)CC1. The van der Waals surface area contributed by atoms with Crippen molar-refractivity contribution in [2.45, 2.75) is 0 Å². The molecule has 9 nitrogen and oxygen atoms in total. The van der Waals surface area contributed by atoms with E-state index in [1.807, 2.05) is 0 Å². The highest BCUT2D eigenvalue weighted by Crippen LogP contribution is 2.21. The van der Waals surface area contributed by atoms with Gasteiger partial charge in [0.25, 0.3) is 5.91 Å². The van der Waals surface area contributed by atoms with E-state index < -0.39 is 0 Å². The summed E-state index contributed by atoms with van der Waals surface area (Å²) in [7, 11) is 0. The van der Waals surface area contributed by atoms with Crippen LogP contribution in [0.4, 0.5) is 4.79 Å². The molecule has 0 radical (unpaired) electrons. The number of carbonyl (C=O) groups is 2. The number of phenols is 1. The molecule has 0 aliphatic carbocycles. The minimum atomic E-state index is -0.129. The summed E-state index contributed by atoms with van der Waals surface area (Å²) in [5.41, 5.74) is 1.87. The molecule has 0 spiro atoms. The zero-order valence-corrected chi connectivity index (χ0v) is 15.5. The summed E-state index contributed by atoms with van der Waals surface area (Å²) < 4.78 is 5.29. The number of aromatic hydroxyl groups is 1. The van der Waals surface area contributed by atoms with Gasteiger partial charge in [0.1, 0.15) is 11.4 Å². The summed E-state index contributed by atoms with van der Waals surface area (Å²) in [5.74, 6) is 0.0519. The predicted molar refractivity (Wildman–Crippen MR) is 101 cm³/mol. The van der Waals surface area contributed by atoms with Gasteiger partial charge in [-0.1, -0.05) is 0 Å². The maximum absolute atomic E-state index is 12.8. The largest absolute Gasteiger partial charge is 0.508 e. The van der Waals surface area contributed by atoms with Crippen molar-refractivity contribution >= 4 is 11.9 Å². The fraction of sp³-hybridized carbons (Fsp3) is 0.421. The maximum Gasteiger partial charge on any atom is 0.320 e. The topological polar surface area (TPSA) is 102 Å². The van der Waals surface area contributed by atoms with Crippen LogP contribution >= 0.6 is 0 Å². The van der Waals surface area contributed by atoms with Crippen LogP contribution in [0.25, 0.3) is 11.3 Å². The van der Waals surface area contributed by atoms with Crippen LogP contribution in [0.5, 0.6) is 5.75 Å². The molecule has 1 aromatic carbocycles. The van der Waals surface area contributed by atoms with Gasteiger partial charge in [0.15, 0.2) is 0 Å². The van der Waals surface area contributed by atoms with Crippen LogP contribution in [0, 0.1) is 0 Å². The van der Waals surface area contributed by atoms with Crippen molar-refractivity contribution in [2.75, 3.05) is 52.5 Å². The number of nitrogens with zero attached hydrogens (tertiary/aromatic N) is 4. The van der Waals surface area contributed by atoms with Crippen LogP contribution in [0.2, 0.25) is 0 Å². The van der Waals surface area contributed by atoms with Gasteiger partial charge in [-0.3, -0.25) is 9.89 Å². The molecule has 0 atom stereocenters. The number of H-pyrrole nitrogens is 1. The first-order chi connectivity index (χ1) is 13.6. The number of aromatic nitrogens is 2. The molecule has 148 valence electrons. The third kappa shape index (κ3) is 3.79. The van der Waals surface area contributed by atoms with Gasteiger partial charge in [-0.25, -0.2) is 4.79 Å². The van der Waals surface area contributed by atoms with Crippen molar-refractivity contribution in [3.8, 4) is 17.0 Å². The summed E-state index contributed by atoms with van der Waals surface area (Å²) >= 11 is 0. The highest BCUT2D eigenvalue weighted by atomic mass is 16.5. The normalized spacial score (nSPS) is 17.6. The molecule has 2 aromatic rings. The molecule has 2 aliphatic heterocycles. The van der Waals surface area contributed by atoms with E-state index >= 15 is 0 Å². The Morgan fingerprint density at radius 3 is 2.21 bits per heavy atom. The summed E-state index contributed by atoms with van der Waals surface area (Å²) in [6.45, 7) is 4.39. The fourth-order valence-corrected chi connectivity index (χ4v) is 3.44. The summed E-state index contributed by atoms with van der Waals surface area (Å²) in [6, 6.07) is 8.38. The van der Waals surface area contributed by atoms with E-state index in [-0.39, 0.29) is 17.7 Å². The van der Waals surface area contributed by atoms with Gasteiger partial charge in [0, 0.05) is 44.8 Å². The molecule has 2 N–H and O–H groups in total. The van der Waals surface area contributed by atoms with Gasteiger partial charge < -0.3 is 24.5 Å². The summed E-state index contributed by atoms with van der Waals surface area (Å²) in [4.78, 5) is 30.6. The Bertz CT molecular complexity index is 836. The monoisotopic (exact) mass is 385 g/mol. The number of phenolic OH excluding ortho intramolecular Hbond substituents is 1. The summed E-state index contributed by atoms with van der Waals surface area (Å²) in [6.07, 6.45) is 0. The van der Waals surface area contributed by atoms with Crippen LogP contribution in [0.1, 0.15) is 10.5 Å². The molecule has 2 aliphatic rings. The van der Waals surface area contributed by atoms with Crippen LogP contribution < -0.4 is 0 Å². The van der Waals surface area contributed by atoms with Gasteiger partial charge in [0.2, 0.25) is 0 Å². The molecular weight excluding hydrogens is 362 g/mol. The molecule has 3 heterocycles. The molecule has 0 bridgehead atoms. The number of aromatic amines is 1. The second-order valence-corrected chi connectivity index (χ2v) is 6.87.